The molecule has 2 N–H and O–H groups in total. The number of rotatable bonds is 8. The molecule has 0 aliphatic carbocycles. The molecular weight excluding hydrogens is 360 g/mol. The van der Waals surface area contributed by atoms with Crippen molar-refractivity contribution in [3.63, 3.8) is 0 Å². The molecule has 1 heterocycles. The van der Waals surface area contributed by atoms with Gasteiger partial charge in [-0.3, -0.25) is 0 Å². The molecule has 5 heteroatoms. The van der Waals surface area contributed by atoms with E-state index in [4.69, 9.17) is 21.1 Å². The van der Waals surface area contributed by atoms with Crippen molar-refractivity contribution in [3.8, 4) is 11.5 Å². The molecule has 3 rings (SSSR count). The van der Waals surface area contributed by atoms with Crippen molar-refractivity contribution in [3.05, 3.63) is 58.1 Å². The van der Waals surface area contributed by atoms with Gasteiger partial charge in [0.05, 0.1) is 7.11 Å². The smallest absolute Gasteiger partial charge is 0.163 e. The van der Waals surface area contributed by atoms with Gasteiger partial charge in [-0.05, 0) is 68.1 Å². The second kappa shape index (κ2) is 9.98. The maximum Gasteiger partial charge on any atom is 0.163 e. The van der Waals surface area contributed by atoms with E-state index in [1.54, 1.807) is 7.11 Å². The number of methoxy groups -OCH3 is 1. The predicted octanol–water partition coefficient (Wildman–Crippen LogP) is 4.33. The first kappa shape index (κ1) is 20.0. The van der Waals surface area contributed by atoms with Gasteiger partial charge >= 0.3 is 0 Å². The van der Waals surface area contributed by atoms with E-state index in [2.05, 4.69) is 29.7 Å². The molecule has 0 atom stereocenters. The van der Waals surface area contributed by atoms with Gasteiger partial charge in [0.25, 0.3) is 0 Å². The lowest BCUT2D eigenvalue weighted by atomic mass is 9.98. The highest BCUT2D eigenvalue weighted by Gasteiger charge is 2.14. The molecule has 0 radical (unpaired) electrons. The van der Waals surface area contributed by atoms with Gasteiger partial charge in [0.15, 0.2) is 11.5 Å². The van der Waals surface area contributed by atoms with Crippen LogP contribution >= 0.6 is 11.6 Å². The lowest BCUT2D eigenvalue weighted by Gasteiger charge is -2.23. The van der Waals surface area contributed by atoms with Gasteiger partial charge in [-0.25, -0.2) is 0 Å². The minimum Gasteiger partial charge on any atom is -0.493 e. The molecule has 0 bridgehead atoms. The predicted molar refractivity (Wildman–Crippen MR) is 111 cm³/mol. The summed E-state index contributed by atoms with van der Waals surface area (Å²) in [5.74, 6) is 2.13. The number of nitrogens with one attached hydrogen (secondary N) is 2. The highest BCUT2D eigenvalue weighted by atomic mass is 35.5. The number of hydrogen-bond donors (Lipinski definition) is 2. The molecule has 2 aromatic carbocycles. The van der Waals surface area contributed by atoms with Crippen molar-refractivity contribution in [2.45, 2.75) is 32.9 Å². The molecule has 1 saturated heterocycles. The molecule has 0 amide bonds. The topological polar surface area (TPSA) is 42.5 Å². The molecule has 0 aromatic heterocycles. The molecule has 1 aliphatic heterocycles. The van der Waals surface area contributed by atoms with Crippen LogP contribution in [-0.4, -0.2) is 26.7 Å². The molecule has 27 heavy (non-hydrogen) atoms. The summed E-state index contributed by atoms with van der Waals surface area (Å²) in [6.45, 7) is 6.57. The molecular formula is C22H29ClN2O2. The number of ether oxygens (including phenoxy) is 2. The van der Waals surface area contributed by atoms with Gasteiger partial charge in [0, 0.05) is 17.6 Å². The summed E-state index contributed by atoms with van der Waals surface area (Å²) >= 11 is 6.51. The first-order valence-electron chi connectivity index (χ1n) is 9.62. The van der Waals surface area contributed by atoms with Crippen LogP contribution in [0.3, 0.4) is 0 Å². The van der Waals surface area contributed by atoms with Crippen LogP contribution in [-0.2, 0) is 13.2 Å². The van der Waals surface area contributed by atoms with Crippen LogP contribution in [0.1, 0.15) is 29.5 Å². The molecule has 1 fully saturated rings. The number of hydrogen-bond acceptors (Lipinski definition) is 4. The normalized spacial score (nSPS) is 14.9. The standard InChI is InChI=1S/C22H29ClN2O2/c1-16-5-3-4-6-18(16)15-27-22-12-20(23)19(11-21(22)26-2)14-25-13-17-7-9-24-10-8-17/h3-6,11-12,17,24-25H,7-10,13-15H2,1-2H3. The van der Waals surface area contributed by atoms with E-state index in [1.807, 2.05) is 24.3 Å². The largest absolute Gasteiger partial charge is 0.493 e. The number of halogens is 1. The van der Waals surface area contributed by atoms with E-state index in [-0.39, 0.29) is 0 Å². The first-order chi connectivity index (χ1) is 13.2. The Balaban J connectivity index is 1.61. The van der Waals surface area contributed by atoms with Crippen molar-refractivity contribution in [2.24, 2.45) is 5.92 Å². The Morgan fingerprint density at radius 1 is 1.11 bits per heavy atom. The minimum atomic E-state index is 0.493. The zero-order chi connectivity index (χ0) is 19.1. The van der Waals surface area contributed by atoms with Gasteiger partial charge in [0.1, 0.15) is 6.61 Å². The van der Waals surface area contributed by atoms with E-state index in [0.29, 0.717) is 23.1 Å². The van der Waals surface area contributed by atoms with Crippen LogP contribution < -0.4 is 20.1 Å². The molecule has 0 spiro atoms. The van der Waals surface area contributed by atoms with Gasteiger partial charge in [-0.1, -0.05) is 35.9 Å². The molecule has 1 aliphatic rings. The Morgan fingerprint density at radius 2 is 1.89 bits per heavy atom. The summed E-state index contributed by atoms with van der Waals surface area (Å²) in [7, 11) is 1.66. The highest BCUT2D eigenvalue weighted by molar-refractivity contribution is 6.31. The number of benzene rings is 2. The molecule has 0 saturated carbocycles. The second-order valence-electron chi connectivity index (χ2n) is 7.13. The van der Waals surface area contributed by atoms with Crippen LogP contribution in [0.4, 0.5) is 0 Å². The summed E-state index contributed by atoms with van der Waals surface area (Å²) in [6, 6.07) is 12.0. The molecule has 4 nitrogen and oxygen atoms in total. The average molecular weight is 389 g/mol. The van der Waals surface area contributed by atoms with Crippen molar-refractivity contribution in [1.29, 1.82) is 0 Å². The van der Waals surface area contributed by atoms with E-state index >= 15 is 0 Å². The Bertz CT molecular complexity index is 745. The molecule has 146 valence electrons. The summed E-state index contributed by atoms with van der Waals surface area (Å²) in [4.78, 5) is 0. The monoisotopic (exact) mass is 388 g/mol. The summed E-state index contributed by atoms with van der Waals surface area (Å²) in [6.07, 6.45) is 2.46. The second-order valence-corrected chi connectivity index (χ2v) is 7.54. The zero-order valence-corrected chi connectivity index (χ0v) is 16.9. The lowest BCUT2D eigenvalue weighted by molar-refractivity contribution is 0.283. The minimum absolute atomic E-state index is 0.493. The fraction of sp³-hybridized carbons (Fsp3) is 0.455. The van der Waals surface area contributed by atoms with Crippen LogP contribution in [0, 0.1) is 12.8 Å². The number of aryl methyl sites for hydroxylation is 1. The lowest BCUT2D eigenvalue weighted by Crippen LogP contribution is -2.33. The first-order valence-corrected chi connectivity index (χ1v) is 10.0. The average Bonchev–Trinajstić information content (AvgIpc) is 2.69. The van der Waals surface area contributed by atoms with Crippen molar-refractivity contribution < 1.29 is 9.47 Å². The van der Waals surface area contributed by atoms with E-state index in [1.165, 1.54) is 18.4 Å². The Hall–Kier alpha value is -1.75. The Kier molecular flexibility index (Phi) is 7.39. The Morgan fingerprint density at radius 3 is 2.63 bits per heavy atom. The maximum atomic E-state index is 6.51. The molecule has 0 unspecified atom stereocenters. The fourth-order valence-corrected chi connectivity index (χ4v) is 3.63. The van der Waals surface area contributed by atoms with Crippen molar-refractivity contribution >= 4 is 11.6 Å². The quantitative estimate of drug-likeness (QED) is 0.706. The van der Waals surface area contributed by atoms with Crippen LogP contribution in [0.25, 0.3) is 0 Å². The SMILES string of the molecule is COc1cc(CNCC2CCNCC2)c(Cl)cc1OCc1ccccc1C. The van der Waals surface area contributed by atoms with Gasteiger partial charge in [0.2, 0.25) is 0 Å². The van der Waals surface area contributed by atoms with Crippen LogP contribution in [0.5, 0.6) is 11.5 Å². The third-order valence-corrected chi connectivity index (χ3v) is 5.54. The van der Waals surface area contributed by atoms with E-state index in [9.17, 15) is 0 Å². The van der Waals surface area contributed by atoms with Crippen LogP contribution in [0.2, 0.25) is 5.02 Å². The highest BCUT2D eigenvalue weighted by Crippen LogP contribution is 2.34. The summed E-state index contributed by atoms with van der Waals surface area (Å²) in [5, 5.41) is 7.64. The van der Waals surface area contributed by atoms with E-state index in [0.717, 1.165) is 43.2 Å². The third-order valence-electron chi connectivity index (χ3n) is 5.18. The summed E-state index contributed by atoms with van der Waals surface area (Å²) < 4.78 is 11.5. The summed E-state index contributed by atoms with van der Waals surface area (Å²) in [5.41, 5.74) is 3.40. The van der Waals surface area contributed by atoms with Gasteiger partial charge < -0.3 is 20.1 Å². The zero-order valence-electron chi connectivity index (χ0n) is 16.2. The maximum absolute atomic E-state index is 6.51. The van der Waals surface area contributed by atoms with Crippen molar-refractivity contribution in [1.82, 2.24) is 10.6 Å². The van der Waals surface area contributed by atoms with Gasteiger partial charge in [-0.2, -0.15) is 0 Å². The van der Waals surface area contributed by atoms with E-state index < -0.39 is 0 Å². The number of piperidine rings is 1. The fourth-order valence-electron chi connectivity index (χ4n) is 3.41. The third kappa shape index (κ3) is 5.61. The molecule has 2 aromatic rings. The van der Waals surface area contributed by atoms with Crippen molar-refractivity contribution in [2.75, 3.05) is 26.7 Å². The van der Waals surface area contributed by atoms with Crippen LogP contribution in [0.15, 0.2) is 36.4 Å². The van der Waals surface area contributed by atoms with Gasteiger partial charge in [-0.15, -0.1) is 0 Å². The Labute approximate surface area is 167 Å².